The van der Waals surface area contributed by atoms with Crippen LogP contribution < -0.4 is 5.73 Å². The molecular formula is C13H7BrCl2N2O. The molecule has 0 saturated heterocycles. The van der Waals surface area contributed by atoms with Gasteiger partial charge in [-0.3, -0.25) is 0 Å². The van der Waals surface area contributed by atoms with Gasteiger partial charge in [0.1, 0.15) is 5.52 Å². The molecule has 0 amide bonds. The highest BCUT2D eigenvalue weighted by Crippen LogP contribution is 2.34. The molecule has 0 fully saturated rings. The molecule has 96 valence electrons. The molecule has 1 heterocycles. The molecule has 0 unspecified atom stereocenters. The number of nitrogen functional groups attached to an aromatic ring is 1. The number of nitrogens with two attached hydrogens (primary N) is 1. The first-order chi connectivity index (χ1) is 9.04. The molecule has 0 aliphatic carbocycles. The van der Waals surface area contributed by atoms with Gasteiger partial charge in [-0.05, 0) is 30.3 Å². The first-order valence-corrected chi connectivity index (χ1v) is 6.90. The van der Waals surface area contributed by atoms with Gasteiger partial charge in [0.05, 0.1) is 16.3 Å². The molecule has 3 aromatic rings. The second-order valence-electron chi connectivity index (χ2n) is 3.99. The summed E-state index contributed by atoms with van der Waals surface area (Å²) in [7, 11) is 0. The summed E-state index contributed by atoms with van der Waals surface area (Å²) in [6.07, 6.45) is 0. The van der Waals surface area contributed by atoms with Crippen LogP contribution in [0.25, 0.3) is 22.6 Å². The normalized spacial score (nSPS) is 11.1. The van der Waals surface area contributed by atoms with Gasteiger partial charge in [0.15, 0.2) is 5.58 Å². The first kappa shape index (κ1) is 12.8. The maximum atomic E-state index is 6.13. The van der Waals surface area contributed by atoms with Crippen molar-refractivity contribution in [3.8, 4) is 11.5 Å². The lowest BCUT2D eigenvalue weighted by Gasteiger charge is -1.99. The van der Waals surface area contributed by atoms with Crippen molar-refractivity contribution in [1.82, 2.24) is 4.98 Å². The Kier molecular flexibility index (Phi) is 3.17. The van der Waals surface area contributed by atoms with Gasteiger partial charge in [-0.15, -0.1) is 0 Å². The summed E-state index contributed by atoms with van der Waals surface area (Å²) in [6, 6.07) is 8.71. The highest BCUT2D eigenvalue weighted by molar-refractivity contribution is 9.10. The number of anilines is 1. The fourth-order valence-corrected chi connectivity index (χ4v) is 2.63. The molecule has 0 spiro atoms. The van der Waals surface area contributed by atoms with E-state index in [4.69, 9.17) is 33.4 Å². The summed E-state index contributed by atoms with van der Waals surface area (Å²) < 4.78 is 6.52. The van der Waals surface area contributed by atoms with Crippen LogP contribution in [0.5, 0.6) is 0 Å². The first-order valence-electron chi connectivity index (χ1n) is 5.35. The van der Waals surface area contributed by atoms with Crippen LogP contribution in [0.3, 0.4) is 0 Å². The molecule has 19 heavy (non-hydrogen) atoms. The molecule has 0 aliphatic rings. The van der Waals surface area contributed by atoms with Crippen molar-refractivity contribution in [2.24, 2.45) is 0 Å². The third-order valence-electron chi connectivity index (χ3n) is 2.64. The zero-order valence-electron chi connectivity index (χ0n) is 9.45. The SMILES string of the molecule is Nc1cc(Br)cc2nc(-c3cc(Cl)ccc3Cl)oc12. The molecule has 3 rings (SSSR count). The number of rotatable bonds is 1. The second kappa shape index (κ2) is 4.71. The van der Waals surface area contributed by atoms with E-state index in [-0.39, 0.29) is 0 Å². The molecule has 0 atom stereocenters. The van der Waals surface area contributed by atoms with Gasteiger partial charge < -0.3 is 10.2 Å². The molecular weight excluding hydrogens is 351 g/mol. The van der Waals surface area contributed by atoms with Crippen LogP contribution in [0, 0.1) is 0 Å². The number of halogens is 3. The molecule has 1 aromatic heterocycles. The molecule has 0 aliphatic heterocycles. The van der Waals surface area contributed by atoms with Crippen molar-refractivity contribution >= 4 is 55.9 Å². The topological polar surface area (TPSA) is 52.0 Å². The lowest BCUT2D eigenvalue weighted by Crippen LogP contribution is -1.84. The maximum absolute atomic E-state index is 6.13. The fourth-order valence-electron chi connectivity index (χ4n) is 1.80. The quantitative estimate of drug-likeness (QED) is 0.613. The Hall–Kier alpha value is -1.23. The van der Waals surface area contributed by atoms with Gasteiger partial charge in [0.2, 0.25) is 5.89 Å². The van der Waals surface area contributed by atoms with E-state index < -0.39 is 0 Å². The Bertz CT molecular complexity index is 786. The van der Waals surface area contributed by atoms with Crippen LogP contribution in [-0.4, -0.2) is 4.98 Å². The summed E-state index contributed by atoms with van der Waals surface area (Å²) in [5.41, 5.74) is 8.25. The lowest BCUT2D eigenvalue weighted by atomic mass is 10.2. The van der Waals surface area contributed by atoms with Crippen LogP contribution in [0.15, 0.2) is 39.2 Å². The minimum Gasteiger partial charge on any atom is -0.434 e. The molecule has 2 N–H and O–H groups in total. The summed E-state index contributed by atoms with van der Waals surface area (Å²) in [5, 5.41) is 1.09. The van der Waals surface area contributed by atoms with Crippen molar-refractivity contribution in [1.29, 1.82) is 0 Å². The number of oxazole rings is 1. The van der Waals surface area contributed by atoms with Crippen molar-refractivity contribution in [2.45, 2.75) is 0 Å². The van der Waals surface area contributed by atoms with E-state index in [9.17, 15) is 0 Å². The van der Waals surface area contributed by atoms with Crippen molar-refractivity contribution < 1.29 is 4.42 Å². The lowest BCUT2D eigenvalue weighted by molar-refractivity contribution is 0.621. The largest absolute Gasteiger partial charge is 0.434 e. The summed E-state index contributed by atoms with van der Waals surface area (Å²) in [5.74, 6) is 0.396. The van der Waals surface area contributed by atoms with Crippen molar-refractivity contribution in [3.63, 3.8) is 0 Å². The van der Waals surface area contributed by atoms with E-state index in [1.165, 1.54) is 0 Å². The number of nitrogens with zero attached hydrogens (tertiary/aromatic N) is 1. The third kappa shape index (κ3) is 2.31. The number of benzene rings is 2. The van der Waals surface area contributed by atoms with Gasteiger partial charge in [-0.2, -0.15) is 0 Å². The summed E-state index contributed by atoms with van der Waals surface area (Å²) in [6.45, 7) is 0. The van der Waals surface area contributed by atoms with Crippen molar-refractivity contribution in [3.05, 3.63) is 44.8 Å². The van der Waals surface area contributed by atoms with Crippen LogP contribution in [0.2, 0.25) is 10.0 Å². The van der Waals surface area contributed by atoms with E-state index in [0.717, 1.165) is 4.47 Å². The number of aromatic nitrogens is 1. The standard InChI is InChI=1S/C13H7BrCl2N2O/c14-6-3-10(17)12-11(4-6)18-13(19-12)8-5-7(15)1-2-9(8)16/h1-5H,17H2. The molecule has 3 nitrogen and oxygen atoms in total. The Labute approximate surface area is 127 Å². The smallest absolute Gasteiger partial charge is 0.228 e. The molecule has 0 radical (unpaired) electrons. The Morgan fingerprint density at radius 1 is 1.16 bits per heavy atom. The van der Waals surface area contributed by atoms with Gasteiger partial charge in [-0.1, -0.05) is 39.1 Å². The molecule has 0 bridgehead atoms. The van der Waals surface area contributed by atoms with E-state index in [0.29, 0.717) is 38.3 Å². The van der Waals surface area contributed by atoms with Crippen molar-refractivity contribution in [2.75, 3.05) is 5.73 Å². The minimum atomic E-state index is 0.396. The van der Waals surface area contributed by atoms with Crippen LogP contribution in [0.4, 0.5) is 5.69 Å². The van der Waals surface area contributed by atoms with Crippen LogP contribution in [0.1, 0.15) is 0 Å². The molecule has 6 heteroatoms. The number of hydrogen-bond donors (Lipinski definition) is 1. The van der Waals surface area contributed by atoms with Crippen LogP contribution >= 0.6 is 39.1 Å². The van der Waals surface area contributed by atoms with Crippen LogP contribution in [-0.2, 0) is 0 Å². The fraction of sp³-hybridized carbons (Fsp3) is 0. The zero-order valence-corrected chi connectivity index (χ0v) is 12.6. The second-order valence-corrected chi connectivity index (χ2v) is 5.75. The van der Waals surface area contributed by atoms with Gasteiger partial charge >= 0.3 is 0 Å². The van der Waals surface area contributed by atoms with E-state index in [1.54, 1.807) is 24.3 Å². The van der Waals surface area contributed by atoms with E-state index >= 15 is 0 Å². The monoisotopic (exact) mass is 356 g/mol. The van der Waals surface area contributed by atoms with Gasteiger partial charge in [0.25, 0.3) is 0 Å². The summed E-state index contributed by atoms with van der Waals surface area (Å²) >= 11 is 15.5. The van der Waals surface area contributed by atoms with Gasteiger partial charge in [0, 0.05) is 9.50 Å². The number of fused-ring (bicyclic) bond motifs is 1. The average Bonchev–Trinajstić information content (AvgIpc) is 2.76. The summed E-state index contributed by atoms with van der Waals surface area (Å²) in [4.78, 5) is 4.39. The minimum absolute atomic E-state index is 0.396. The van der Waals surface area contributed by atoms with Gasteiger partial charge in [-0.25, -0.2) is 4.98 Å². The third-order valence-corrected chi connectivity index (χ3v) is 3.66. The average molecular weight is 358 g/mol. The Morgan fingerprint density at radius 3 is 2.74 bits per heavy atom. The maximum Gasteiger partial charge on any atom is 0.228 e. The predicted molar refractivity (Wildman–Crippen MR) is 81.6 cm³/mol. The molecule has 2 aromatic carbocycles. The zero-order chi connectivity index (χ0) is 13.6. The Balaban J connectivity index is 2.26. The number of hydrogen-bond acceptors (Lipinski definition) is 3. The highest BCUT2D eigenvalue weighted by atomic mass is 79.9. The molecule has 0 saturated carbocycles. The predicted octanol–water partition coefficient (Wildman–Crippen LogP) is 5.15. The van der Waals surface area contributed by atoms with E-state index in [2.05, 4.69) is 20.9 Å². The highest BCUT2D eigenvalue weighted by Gasteiger charge is 2.14. The van der Waals surface area contributed by atoms with E-state index in [1.807, 2.05) is 6.07 Å². The Morgan fingerprint density at radius 2 is 1.95 bits per heavy atom.